The lowest BCUT2D eigenvalue weighted by atomic mass is 10.0. The summed E-state index contributed by atoms with van der Waals surface area (Å²) in [6.07, 6.45) is 4.96. The lowest BCUT2D eigenvalue weighted by molar-refractivity contribution is -0.121. The van der Waals surface area contributed by atoms with Crippen molar-refractivity contribution in [2.24, 2.45) is 0 Å². The Morgan fingerprint density at radius 1 is 0.969 bits per heavy atom. The quantitative estimate of drug-likeness (QED) is 0.483. The molecule has 0 bridgehead atoms. The van der Waals surface area contributed by atoms with Crippen LogP contribution in [-0.4, -0.2) is 32.4 Å². The maximum Gasteiger partial charge on any atom is 0.233 e. The van der Waals surface area contributed by atoms with Gasteiger partial charge in [0.15, 0.2) is 0 Å². The van der Waals surface area contributed by atoms with Crippen LogP contribution in [0, 0.1) is 11.6 Å². The second-order valence-corrected chi connectivity index (χ2v) is 8.98. The number of rotatable bonds is 7. The van der Waals surface area contributed by atoms with E-state index in [1.165, 1.54) is 36.0 Å². The van der Waals surface area contributed by atoms with E-state index in [0.717, 1.165) is 25.7 Å². The van der Waals surface area contributed by atoms with E-state index in [0.29, 0.717) is 34.1 Å². The number of benzene rings is 2. The molecule has 1 fully saturated rings. The van der Waals surface area contributed by atoms with Crippen molar-refractivity contribution in [1.82, 2.24) is 20.5 Å². The van der Waals surface area contributed by atoms with Gasteiger partial charge in [-0.25, -0.2) is 13.8 Å². The Morgan fingerprint density at radius 2 is 1.53 bits per heavy atom. The van der Waals surface area contributed by atoms with Crippen LogP contribution in [0.5, 0.6) is 0 Å². The van der Waals surface area contributed by atoms with E-state index in [1.807, 2.05) is 6.92 Å². The van der Waals surface area contributed by atoms with Crippen LogP contribution in [0.1, 0.15) is 39.0 Å². The third-order valence-electron chi connectivity index (χ3n) is 5.52. The number of nitrogens with zero attached hydrogens (tertiary/aromatic N) is 3. The maximum absolute atomic E-state index is 13.5. The minimum Gasteiger partial charge on any atom is -0.352 e. The third-order valence-corrected chi connectivity index (χ3v) is 6.73. The van der Waals surface area contributed by atoms with Crippen LogP contribution in [0.4, 0.5) is 8.78 Å². The highest BCUT2D eigenvalue weighted by Gasteiger charge is 2.25. The minimum absolute atomic E-state index is 0.0149. The molecular formula is C24H24F2N4OS. The van der Waals surface area contributed by atoms with Gasteiger partial charge in [-0.1, -0.05) is 31.5 Å². The summed E-state index contributed by atoms with van der Waals surface area (Å²) < 4.78 is 26.9. The molecule has 0 radical (unpaired) electrons. The Kier molecular flexibility index (Phi) is 7.09. The van der Waals surface area contributed by atoms with Crippen molar-refractivity contribution in [1.29, 1.82) is 0 Å². The number of carbonyl (C=O) groups excluding carboxylic acids is 1. The first-order valence-corrected chi connectivity index (χ1v) is 11.6. The Balaban J connectivity index is 1.64. The predicted octanol–water partition coefficient (Wildman–Crippen LogP) is 5.41. The van der Waals surface area contributed by atoms with Gasteiger partial charge in [-0.3, -0.25) is 4.79 Å². The lowest BCUT2D eigenvalue weighted by Gasteiger charge is -2.18. The largest absolute Gasteiger partial charge is 0.352 e. The summed E-state index contributed by atoms with van der Waals surface area (Å²) in [7, 11) is 0. The first kappa shape index (κ1) is 22.3. The molecule has 3 aromatic rings. The van der Waals surface area contributed by atoms with Crippen LogP contribution >= 0.6 is 11.8 Å². The molecule has 1 aliphatic carbocycles. The Morgan fingerprint density at radius 3 is 2.09 bits per heavy atom. The predicted molar refractivity (Wildman–Crippen MR) is 121 cm³/mol. The lowest BCUT2D eigenvalue weighted by Crippen LogP contribution is -2.38. The molecule has 166 valence electrons. The number of thioether (sulfide) groups is 1. The van der Waals surface area contributed by atoms with Crippen LogP contribution in [-0.2, 0) is 4.79 Å². The second kappa shape index (κ2) is 10.2. The van der Waals surface area contributed by atoms with Crippen LogP contribution in [0.25, 0.3) is 22.5 Å². The number of hydrogen-bond donors (Lipinski definition) is 1. The molecule has 1 aromatic heterocycles. The SMILES string of the molecule is CC[C@@H](Sc1nnc(-c2ccc(F)cc2)c(-c2ccc(F)cc2)n1)C(=O)NC1CCCC1. The molecule has 32 heavy (non-hydrogen) atoms. The Labute approximate surface area is 190 Å². The van der Waals surface area contributed by atoms with Gasteiger partial charge in [0.25, 0.3) is 0 Å². The second-order valence-electron chi connectivity index (χ2n) is 7.81. The molecule has 1 heterocycles. The number of amides is 1. The topological polar surface area (TPSA) is 67.8 Å². The fourth-order valence-corrected chi connectivity index (χ4v) is 4.61. The van der Waals surface area contributed by atoms with Gasteiger partial charge < -0.3 is 5.32 Å². The monoisotopic (exact) mass is 454 g/mol. The standard InChI is InChI=1S/C24H24F2N4OS/c1-2-20(23(31)27-19-5-3-4-6-19)32-24-28-21(15-7-11-17(25)12-8-15)22(29-30-24)16-9-13-18(26)14-10-16/h7-14,19-20H,2-6H2,1H3,(H,27,31)/t20-/m1/s1. The van der Waals surface area contributed by atoms with Crippen molar-refractivity contribution < 1.29 is 13.6 Å². The summed E-state index contributed by atoms with van der Waals surface area (Å²) in [5.41, 5.74) is 2.27. The summed E-state index contributed by atoms with van der Waals surface area (Å²) in [6, 6.07) is 12.1. The van der Waals surface area contributed by atoms with E-state index in [4.69, 9.17) is 0 Å². The summed E-state index contributed by atoms with van der Waals surface area (Å²) in [6.45, 7) is 1.95. The molecule has 0 aliphatic heterocycles. The molecule has 0 unspecified atom stereocenters. The smallest absolute Gasteiger partial charge is 0.233 e. The maximum atomic E-state index is 13.5. The fourth-order valence-electron chi connectivity index (χ4n) is 3.79. The van der Waals surface area contributed by atoms with Crippen molar-refractivity contribution in [2.45, 2.75) is 55.5 Å². The Hall–Kier alpha value is -2.87. The summed E-state index contributed by atoms with van der Waals surface area (Å²) in [4.78, 5) is 17.4. The van der Waals surface area contributed by atoms with Gasteiger partial charge >= 0.3 is 0 Å². The number of hydrogen-bond acceptors (Lipinski definition) is 5. The van der Waals surface area contributed by atoms with Crippen LogP contribution in [0.3, 0.4) is 0 Å². The Bertz CT molecular complexity index is 1070. The summed E-state index contributed by atoms with van der Waals surface area (Å²) in [5.74, 6) is -0.730. The van der Waals surface area contributed by atoms with Gasteiger partial charge in [0.1, 0.15) is 23.0 Å². The molecule has 2 aromatic carbocycles. The van der Waals surface area contributed by atoms with Crippen molar-refractivity contribution in [3.63, 3.8) is 0 Å². The van der Waals surface area contributed by atoms with Crippen molar-refractivity contribution in [3.05, 3.63) is 60.2 Å². The zero-order valence-corrected chi connectivity index (χ0v) is 18.5. The number of halogens is 2. The molecule has 1 atom stereocenters. The van der Waals surface area contributed by atoms with Gasteiger partial charge in [-0.05, 0) is 67.8 Å². The van der Waals surface area contributed by atoms with Gasteiger partial charge in [0.2, 0.25) is 11.1 Å². The van der Waals surface area contributed by atoms with E-state index in [-0.39, 0.29) is 28.8 Å². The van der Waals surface area contributed by atoms with E-state index in [1.54, 1.807) is 24.3 Å². The highest BCUT2D eigenvalue weighted by molar-refractivity contribution is 8.00. The van der Waals surface area contributed by atoms with Crippen LogP contribution in [0.15, 0.2) is 53.7 Å². The van der Waals surface area contributed by atoms with Crippen molar-refractivity contribution in [3.8, 4) is 22.5 Å². The van der Waals surface area contributed by atoms with E-state index in [9.17, 15) is 13.6 Å². The highest BCUT2D eigenvalue weighted by Crippen LogP contribution is 2.32. The van der Waals surface area contributed by atoms with Gasteiger partial charge in [-0.15, -0.1) is 10.2 Å². The zero-order chi connectivity index (χ0) is 22.5. The molecule has 1 saturated carbocycles. The molecule has 1 aliphatic rings. The molecule has 5 nitrogen and oxygen atoms in total. The molecule has 0 saturated heterocycles. The minimum atomic E-state index is -0.358. The third kappa shape index (κ3) is 5.30. The average Bonchev–Trinajstić information content (AvgIpc) is 3.31. The van der Waals surface area contributed by atoms with E-state index in [2.05, 4.69) is 20.5 Å². The fraction of sp³-hybridized carbons (Fsp3) is 0.333. The van der Waals surface area contributed by atoms with E-state index >= 15 is 0 Å². The zero-order valence-electron chi connectivity index (χ0n) is 17.7. The molecular weight excluding hydrogens is 430 g/mol. The van der Waals surface area contributed by atoms with Crippen LogP contribution < -0.4 is 5.32 Å². The number of carbonyl (C=O) groups is 1. The number of nitrogens with one attached hydrogen (secondary N) is 1. The summed E-state index contributed by atoms with van der Waals surface area (Å²) >= 11 is 1.27. The molecule has 8 heteroatoms. The normalized spacial score (nSPS) is 15.0. The first-order chi connectivity index (χ1) is 15.5. The summed E-state index contributed by atoms with van der Waals surface area (Å²) in [5, 5.41) is 11.7. The average molecular weight is 455 g/mol. The highest BCUT2D eigenvalue weighted by atomic mass is 32.2. The van der Waals surface area contributed by atoms with Gasteiger partial charge in [-0.2, -0.15) is 0 Å². The van der Waals surface area contributed by atoms with Crippen molar-refractivity contribution in [2.75, 3.05) is 0 Å². The molecule has 1 N–H and O–H groups in total. The molecule has 0 spiro atoms. The van der Waals surface area contributed by atoms with Crippen LogP contribution in [0.2, 0.25) is 0 Å². The van der Waals surface area contributed by atoms with Gasteiger partial charge in [0.05, 0.1) is 5.25 Å². The first-order valence-electron chi connectivity index (χ1n) is 10.8. The van der Waals surface area contributed by atoms with Crippen molar-refractivity contribution >= 4 is 17.7 Å². The van der Waals surface area contributed by atoms with Gasteiger partial charge in [0, 0.05) is 17.2 Å². The molecule has 1 amide bonds. The van der Waals surface area contributed by atoms with E-state index < -0.39 is 0 Å². The molecule has 4 rings (SSSR count). The number of aromatic nitrogens is 3.